The first-order valence-corrected chi connectivity index (χ1v) is 11.3. The lowest BCUT2D eigenvalue weighted by molar-refractivity contribution is -0.237. The van der Waals surface area contributed by atoms with Crippen molar-refractivity contribution in [2.24, 2.45) is 5.92 Å². The van der Waals surface area contributed by atoms with Crippen LogP contribution in [0, 0.1) is 5.92 Å². The summed E-state index contributed by atoms with van der Waals surface area (Å²) < 4.78 is 12.2. The lowest BCUT2D eigenvalue weighted by atomic mass is 9.95. The molecule has 1 aliphatic heterocycles. The quantitative estimate of drug-likeness (QED) is 0.435. The van der Waals surface area contributed by atoms with Gasteiger partial charge in [0.2, 0.25) is 0 Å². The largest absolute Gasteiger partial charge is 0.478 e. The number of hydrogen-bond acceptors (Lipinski definition) is 3. The average Bonchev–Trinajstić information content (AvgIpc) is 2.77. The maximum atomic E-state index is 11.0. The summed E-state index contributed by atoms with van der Waals surface area (Å²) in [5, 5.41) is 9.03. The normalized spacial score (nSPS) is 21.5. The molecule has 3 atom stereocenters. The van der Waals surface area contributed by atoms with Crippen molar-refractivity contribution in [2.75, 3.05) is 6.61 Å². The van der Waals surface area contributed by atoms with Gasteiger partial charge in [0.25, 0.3) is 0 Å². The Morgan fingerprint density at radius 1 is 0.933 bits per heavy atom. The van der Waals surface area contributed by atoms with Gasteiger partial charge < -0.3 is 14.6 Å². The van der Waals surface area contributed by atoms with E-state index in [0.29, 0.717) is 11.5 Å². The number of hydrogen-bond donors (Lipinski definition) is 1. The lowest BCUT2D eigenvalue weighted by Crippen LogP contribution is -2.34. The zero-order valence-electron chi connectivity index (χ0n) is 18.2. The van der Waals surface area contributed by atoms with Crippen molar-refractivity contribution < 1.29 is 19.4 Å². The molecule has 0 saturated carbocycles. The molecule has 2 aromatic carbocycles. The van der Waals surface area contributed by atoms with E-state index in [2.05, 4.69) is 13.8 Å². The number of benzene rings is 2. The molecule has 0 aliphatic carbocycles. The van der Waals surface area contributed by atoms with Gasteiger partial charge in [-0.15, -0.1) is 0 Å². The van der Waals surface area contributed by atoms with Gasteiger partial charge in [0.15, 0.2) is 6.29 Å². The van der Waals surface area contributed by atoms with Crippen molar-refractivity contribution in [3.05, 3.63) is 59.7 Å². The van der Waals surface area contributed by atoms with Gasteiger partial charge in [0, 0.05) is 11.5 Å². The van der Waals surface area contributed by atoms with E-state index in [-0.39, 0.29) is 12.4 Å². The average molecular weight is 411 g/mol. The first-order chi connectivity index (χ1) is 14.6. The van der Waals surface area contributed by atoms with Crippen molar-refractivity contribution in [1.82, 2.24) is 0 Å². The van der Waals surface area contributed by atoms with Crippen LogP contribution in [0.15, 0.2) is 48.5 Å². The van der Waals surface area contributed by atoms with Crippen LogP contribution in [0.5, 0.6) is 0 Å². The van der Waals surface area contributed by atoms with Crippen LogP contribution in [0.25, 0.3) is 11.1 Å². The molecule has 30 heavy (non-hydrogen) atoms. The number of aromatic carboxylic acids is 1. The first-order valence-electron chi connectivity index (χ1n) is 11.3. The van der Waals surface area contributed by atoms with E-state index in [1.165, 1.54) is 44.9 Å². The van der Waals surface area contributed by atoms with Crippen LogP contribution < -0.4 is 0 Å². The van der Waals surface area contributed by atoms with E-state index >= 15 is 0 Å². The van der Waals surface area contributed by atoms with Crippen molar-refractivity contribution >= 4 is 5.97 Å². The SMILES string of the molecule is CCCCCCCC[C@@H]1CO[C@@H](c2ccc(-c3ccc(C(=O)O)cc3)cc2)OC1C. The van der Waals surface area contributed by atoms with Gasteiger partial charge in [0.05, 0.1) is 18.3 Å². The Balaban J connectivity index is 1.49. The number of rotatable bonds is 10. The molecule has 0 radical (unpaired) electrons. The third kappa shape index (κ3) is 6.16. The van der Waals surface area contributed by atoms with Crippen molar-refractivity contribution in [1.29, 1.82) is 0 Å². The molecule has 1 saturated heterocycles. The summed E-state index contributed by atoms with van der Waals surface area (Å²) in [6.07, 6.45) is 8.95. The van der Waals surface area contributed by atoms with Crippen molar-refractivity contribution in [3.8, 4) is 11.1 Å². The number of ether oxygens (including phenoxy) is 2. The molecule has 0 aromatic heterocycles. The van der Waals surface area contributed by atoms with E-state index in [0.717, 1.165) is 23.3 Å². The van der Waals surface area contributed by atoms with Gasteiger partial charge in [-0.3, -0.25) is 0 Å². The Bertz CT molecular complexity index is 782. The Hall–Kier alpha value is -2.17. The number of carboxylic acid groups (broad SMARTS) is 1. The Labute approximate surface area is 180 Å². The highest BCUT2D eigenvalue weighted by Crippen LogP contribution is 2.32. The van der Waals surface area contributed by atoms with Crippen LogP contribution in [0.2, 0.25) is 0 Å². The fourth-order valence-electron chi connectivity index (χ4n) is 4.01. The number of carbonyl (C=O) groups is 1. The maximum absolute atomic E-state index is 11.0. The zero-order valence-corrected chi connectivity index (χ0v) is 18.2. The molecule has 0 spiro atoms. The molecule has 1 heterocycles. The third-order valence-corrected chi connectivity index (χ3v) is 6.04. The second-order valence-corrected chi connectivity index (χ2v) is 8.33. The number of carboxylic acids is 1. The van der Waals surface area contributed by atoms with Crippen LogP contribution in [0.3, 0.4) is 0 Å². The fourth-order valence-corrected chi connectivity index (χ4v) is 4.01. The maximum Gasteiger partial charge on any atom is 0.335 e. The molecule has 3 rings (SSSR count). The van der Waals surface area contributed by atoms with E-state index in [1.807, 2.05) is 36.4 Å². The van der Waals surface area contributed by atoms with Gasteiger partial charge in [-0.1, -0.05) is 81.8 Å². The molecule has 162 valence electrons. The second-order valence-electron chi connectivity index (χ2n) is 8.33. The third-order valence-electron chi connectivity index (χ3n) is 6.04. The highest BCUT2D eigenvalue weighted by Gasteiger charge is 2.29. The summed E-state index contributed by atoms with van der Waals surface area (Å²) in [4.78, 5) is 11.0. The minimum atomic E-state index is -0.910. The van der Waals surface area contributed by atoms with Crippen LogP contribution in [-0.4, -0.2) is 23.8 Å². The van der Waals surface area contributed by atoms with Gasteiger partial charge in [-0.2, -0.15) is 0 Å². The van der Waals surface area contributed by atoms with Gasteiger partial charge in [-0.05, 0) is 36.6 Å². The summed E-state index contributed by atoms with van der Waals surface area (Å²) in [5.74, 6) is -0.438. The molecule has 0 amide bonds. The van der Waals surface area contributed by atoms with E-state index in [1.54, 1.807) is 12.1 Å². The van der Waals surface area contributed by atoms with E-state index in [4.69, 9.17) is 14.6 Å². The molecule has 4 nitrogen and oxygen atoms in total. The van der Waals surface area contributed by atoms with Crippen LogP contribution >= 0.6 is 0 Å². The van der Waals surface area contributed by atoms with E-state index in [9.17, 15) is 4.79 Å². The smallest absolute Gasteiger partial charge is 0.335 e. The minimum Gasteiger partial charge on any atom is -0.478 e. The summed E-state index contributed by atoms with van der Waals surface area (Å²) in [6, 6.07) is 15.1. The molecular weight excluding hydrogens is 376 g/mol. The Kier molecular flexibility index (Phi) is 8.47. The Morgan fingerprint density at radius 3 is 2.13 bits per heavy atom. The highest BCUT2D eigenvalue weighted by molar-refractivity contribution is 5.88. The highest BCUT2D eigenvalue weighted by atomic mass is 16.7. The summed E-state index contributed by atoms with van der Waals surface area (Å²) >= 11 is 0. The van der Waals surface area contributed by atoms with Crippen molar-refractivity contribution in [2.45, 2.75) is 71.2 Å². The molecule has 2 aromatic rings. The predicted octanol–water partition coefficient (Wildman–Crippen LogP) is 6.85. The second kappa shape index (κ2) is 11.3. The van der Waals surface area contributed by atoms with Gasteiger partial charge in [0.1, 0.15) is 0 Å². The van der Waals surface area contributed by atoms with E-state index < -0.39 is 5.97 Å². The predicted molar refractivity (Wildman–Crippen MR) is 120 cm³/mol. The zero-order chi connectivity index (χ0) is 21.3. The summed E-state index contributed by atoms with van der Waals surface area (Å²) in [6.45, 7) is 5.16. The monoisotopic (exact) mass is 410 g/mol. The molecular formula is C26H34O4. The van der Waals surface area contributed by atoms with Crippen LogP contribution in [0.1, 0.15) is 81.0 Å². The molecule has 0 bridgehead atoms. The van der Waals surface area contributed by atoms with Crippen LogP contribution in [0.4, 0.5) is 0 Å². The van der Waals surface area contributed by atoms with Gasteiger partial charge >= 0.3 is 5.97 Å². The number of unbranched alkanes of at least 4 members (excludes halogenated alkanes) is 5. The van der Waals surface area contributed by atoms with Crippen molar-refractivity contribution in [3.63, 3.8) is 0 Å². The molecule has 1 aliphatic rings. The summed E-state index contributed by atoms with van der Waals surface area (Å²) in [7, 11) is 0. The minimum absolute atomic E-state index is 0.197. The topological polar surface area (TPSA) is 55.8 Å². The summed E-state index contributed by atoms with van der Waals surface area (Å²) in [5.41, 5.74) is 3.35. The molecule has 1 fully saturated rings. The Morgan fingerprint density at radius 2 is 1.53 bits per heavy atom. The fraction of sp³-hybridized carbons (Fsp3) is 0.500. The standard InChI is InChI=1S/C26H34O4/c1-3-4-5-6-7-8-9-24-18-29-26(30-19(24)2)23-16-12-21(13-17-23)20-10-14-22(15-11-20)25(27)28/h10-17,19,24,26H,3-9,18H2,1-2H3,(H,27,28)/t19?,24-,26-/m1/s1. The first kappa shape index (κ1) is 22.5. The van der Waals surface area contributed by atoms with Crippen LogP contribution in [-0.2, 0) is 9.47 Å². The van der Waals surface area contributed by atoms with Gasteiger partial charge in [-0.25, -0.2) is 4.79 Å². The lowest BCUT2D eigenvalue weighted by Gasteiger charge is -2.35. The molecule has 1 unspecified atom stereocenters. The molecule has 1 N–H and O–H groups in total. The molecule has 4 heteroatoms.